The summed E-state index contributed by atoms with van der Waals surface area (Å²) in [5.41, 5.74) is 3.82. The number of aromatic nitrogens is 1. The lowest BCUT2D eigenvalue weighted by atomic mass is 10.3. The van der Waals surface area contributed by atoms with Crippen LogP contribution in [0.15, 0.2) is 23.7 Å². The number of anilines is 1. The largest absolute Gasteiger partial charge is 0.383 e. The fourth-order valence-corrected chi connectivity index (χ4v) is 2.31. The maximum absolute atomic E-state index is 5.16. The predicted molar refractivity (Wildman–Crippen MR) is 75.7 cm³/mol. The second-order valence-corrected chi connectivity index (χ2v) is 4.70. The topological polar surface area (TPSA) is 46.2 Å². The Bertz CT molecular complexity index is 512. The second kappa shape index (κ2) is 5.90. The zero-order valence-electron chi connectivity index (χ0n) is 9.40. The van der Waals surface area contributed by atoms with Gasteiger partial charge in [0.1, 0.15) is 0 Å². The normalized spacial score (nSPS) is 10.4. The van der Waals surface area contributed by atoms with Crippen molar-refractivity contribution in [2.75, 3.05) is 25.6 Å². The molecule has 2 rings (SSSR count). The molecule has 0 amide bonds. The molecule has 0 aliphatic carbocycles. The van der Waals surface area contributed by atoms with E-state index in [-0.39, 0.29) is 0 Å². The third kappa shape index (κ3) is 3.36. The van der Waals surface area contributed by atoms with Crippen molar-refractivity contribution in [3.8, 4) is 0 Å². The maximum Gasteiger partial charge on any atom is 0.170 e. The molecule has 0 saturated carbocycles. The number of hydrogen-bond donors (Lipinski definition) is 2. The van der Waals surface area contributed by atoms with E-state index in [1.54, 1.807) is 18.4 Å². The quantitative estimate of drug-likeness (QED) is 0.657. The highest BCUT2D eigenvalue weighted by molar-refractivity contribution is 7.80. The number of rotatable bonds is 4. The van der Waals surface area contributed by atoms with Gasteiger partial charge >= 0.3 is 0 Å². The maximum atomic E-state index is 5.16. The first-order valence-electron chi connectivity index (χ1n) is 5.16. The molecule has 17 heavy (non-hydrogen) atoms. The molecule has 90 valence electrons. The van der Waals surface area contributed by atoms with Crippen molar-refractivity contribution in [3.63, 3.8) is 0 Å². The lowest BCUT2D eigenvalue weighted by molar-refractivity contribution is 0.204. The van der Waals surface area contributed by atoms with E-state index in [0.717, 1.165) is 15.9 Å². The molecule has 0 unspecified atom stereocenters. The third-order valence-electron chi connectivity index (χ3n) is 2.18. The van der Waals surface area contributed by atoms with Crippen LogP contribution >= 0.6 is 23.6 Å². The van der Waals surface area contributed by atoms with E-state index >= 15 is 0 Å². The van der Waals surface area contributed by atoms with E-state index < -0.39 is 0 Å². The number of methoxy groups -OCH3 is 1. The smallest absolute Gasteiger partial charge is 0.170 e. The van der Waals surface area contributed by atoms with Crippen molar-refractivity contribution in [3.05, 3.63) is 23.7 Å². The van der Waals surface area contributed by atoms with E-state index in [1.807, 2.05) is 23.7 Å². The number of fused-ring (bicyclic) bond motifs is 1. The third-order valence-corrected chi connectivity index (χ3v) is 3.22. The van der Waals surface area contributed by atoms with Gasteiger partial charge in [0, 0.05) is 19.3 Å². The van der Waals surface area contributed by atoms with Crippen molar-refractivity contribution < 1.29 is 4.74 Å². The molecule has 0 bridgehead atoms. The second-order valence-electron chi connectivity index (χ2n) is 3.41. The standard InChI is InChI=1S/C11H13N3OS2/c1-15-5-4-12-11(16)14-8-2-3-9-10(6-8)17-7-13-9/h2-3,6-7H,4-5H2,1H3,(H2,12,14,16). The van der Waals surface area contributed by atoms with Crippen LogP contribution < -0.4 is 10.6 Å². The Kier molecular flexibility index (Phi) is 4.24. The summed E-state index contributed by atoms with van der Waals surface area (Å²) in [5.74, 6) is 0. The molecule has 0 atom stereocenters. The minimum Gasteiger partial charge on any atom is -0.383 e. The summed E-state index contributed by atoms with van der Waals surface area (Å²) < 4.78 is 6.08. The van der Waals surface area contributed by atoms with Gasteiger partial charge in [0.15, 0.2) is 5.11 Å². The first-order valence-corrected chi connectivity index (χ1v) is 6.45. The van der Waals surface area contributed by atoms with Crippen LogP contribution in [-0.2, 0) is 4.74 Å². The summed E-state index contributed by atoms with van der Waals surface area (Å²) in [6.45, 7) is 1.33. The summed E-state index contributed by atoms with van der Waals surface area (Å²) in [6.07, 6.45) is 0. The molecule has 2 aromatic rings. The molecule has 1 aromatic heterocycles. The van der Waals surface area contributed by atoms with Gasteiger partial charge in [-0.3, -0.25) is 0 Å². The van der Waals surface area contributed by atoms with E-state index in [2.05, 4.69) is 15.6 Å². The van der Waals surface area contributed by atoms with Gasteiger partial charge in [-0.2, -0.15) is 0 Å². The van der Waals surface area contributed by atoms with Crippen molar-refractivity contribution in [1.29, 1.82) is 0 Å². The molecule has 0 radical (unpaired) electrons. The number of thiocarbonyl (C=S) groups is 1. The molecule has 4 nitrogen and oxygen atoms in total. The lowest BCUT2D eigenvalue weighted by Crippen LogP contribution is -2.31. The van der Waals surface area contributed by atoms with Crippen LogP contribution in [0.5, 0.6) is 0 Å². The van der Waals surface area contributed by atoms with Crippen molar-refractivity contribution in [2.45, 2.75) is 0 Å². The van der Waals surface area contributed by atoms with Crippen molar-refractivity contribution in [2.24, 2.45) is 0 Å². The molecule has 1 heterocycles. The molecule has 0 spiro atoms. The van der Waals surface area contributed by atoms with Crippen LogP contribution in [0.2, 0.25) is 0 Å². The number of nitrogens with one attached hydrogen (secondary N) is 2. The average Bonchev–Trinajstić information content (AvgIpc) is 2.76. The van der Waals surface area contributed by atoms with Gasteiger partial charge in [0.25, 0.3) is 0 Å². The van der Waals surface area contributed by atoms with Gasteiger partial charge in [0.05, 0.1) is 22.3 Å². The van der Waals surface area contributed by atoms with Gasteiger partial charge in [-0.15, -0.1) is 11.3 Å². The Morgan fingerprint density at radius 1 is 1.53 bits per heavy atom. The SMILES string of the molecule is COCCNC(=S)Nc1ccc2ncsc2c1. The van der Waals surface area contributed by atoms with Crippen LogP contribution in [-0.4, -0.2) is 30.4 Å². The van der Waals surface area contributed by atoms with E-state index in [0.29, 0.717) is 18.3 Å². The van der Waals surface area contributed by atoms with Crippen LogP contribution in [0, 0.1) is 0 Å². The van der Waals surface area contributed by atoms with Gasteiger partial charge in [-0.25, -0.2) is 4.98 Å². The highest BCUT2D eigenvalue weighted by Gasteiger charge is 2.00. The first kappa shape index (κ1) is 12.2. The molecular weight excluding hydrogens is 254 g/mol. The number of ether oxygens (including phenoxy) is 1. The minimum absolute atomic E-state index is 0.603. The average molecular weight is 267 g/mol. The van der Waals surface area contributed by atoms with Crippen LogP contribution in [0.1, 0.15) is 0 Å². The van der Waals surface area contributed by atoms with Gasteiger partial charge in [-0.05, 0) is 30.4 Å². The molecule has 0 saturated heterocycles. The highest BCUT2D eigenvalue weighted by Crippen LogP contribution is 2.21. The van der Waals surface area contributed by atoms with Gasteiger partial charge in [0.2, 0.25) is 0 Å². The summed E-state index contributed by atoms with van der Waals surface area (Å²) in [6, 6.07) is 5.98. The summed E-state index contributed by atoms with van der Waals surface area (Å²) in [5, 5.41) is 6.79. The number of thiazole rings is 1. The molecule has 1 aromatic carbocycles. The molecule has 0 fully saturated rings. The van der Waals surface area contributed by atoms with Crippen LogP contribution in [0.4, 0.5) is 5.69 Å². The molecule has 2 N–H and O–H groups in total. The molecule has 0 aliphatic rings. The lowest BCUT2D eigenvalue weighted by Gasteiger charge is -2.09. The monoisotopic (exact) mass is 267 g/mol. The first-order chi connectivity index (χ1) is 8.29. The van der Waals surface area contributed by atoms with E-state index in [9.17, 15) is 0 Å². The molecule has 6 heteroatoms. The number of nitrogens with zero attached hydrogens (tertiary/aromatic N) is 1. The Morgan fingerprint density at radius 3 is 3.24 bits per heavy atom. The van der Waals surface area contributed by atoms with Gasteiger partial charge in [-0.1, -0.05) is 0 Å². The summed E-state index contributed by atoms with van der Waals surface area (Å²) in [4.78, 5) is 4.23. The molecule has 0 aliphatic heterocycles. The minimum atomic E-state index is 0.603. The Balaban J connectivity index is 1.95. The zero-order valence-corrected chi connectivity index (χ0v) is 11.0. The van der Waals surface area contributed by atoms with E-state index in [1.165, 1.54) is 0 Å². The molecular formula is C11H13N3OS2. The van der Waals surface area contributed by atoms with Crippen molar-refractivity contribution in [1.82, 2.24) is 10.3 Å². The van der Waals surface area contributed by atoms with Crippen LogP contribution in [0.3, 0.4) is 0 Å². The Hall–Kier alpha value is -1.24. The van der Waals surface area contributed by atoms with E-state index in [4.69, 9.17) is 17.0 Å². The Morgan fingerprint density at radius 2 is 2.41 bits per heavy atom. The predicted octanol–water partition coefficient (Wildman–Crippen LogP) is 2.23. The van der Waals surface area contributed by atoms with Crippen molar-refractivity contribution >= 4 is 44.6 Å². The summed E-state index contributed by atoms with van der Waals surface area (Å²) >= 11 is 6.78. The zero-order chi connectivity index (χ0) is 12.1. The van der Waals surface area contributed by atoms with Gasteiger partial charge < -0.3 is 15.4 Å². The summed E-state index contributed by atoms with van der Waals surface area (Å²) in [7, 11) is 1.66. The fraction of sp³-hybridized carbons (Fsp3) is 0.273. The number of hydrogen-bond acceptors (Lipinski definition) is 4. The number of benzene rings is 1. The van der Waals surface area contributed by atoms with Crippen LogP contribution in [0.25, 0.3) is 10.2 Å². The Labute approximate surface area is 109 Å². The highest BCUT2D eigenvalue weighted by atomic mass is 32.1. The fourth-order valence-electron chi connectivity index (χ4n) is 1.37.